The summed E-state index contributed by atoms with van der Waals surface area (Å²) in [7, 11) is 1.67. The van der Waals surface area contributed by atoms with E-state index in [9.17, 15) is 0 Å². The van der Waals surface area contributed by atoms with Crippen LogP contribution < -0.4 is 9.54 Å². The molecule has 4 aromatic rings. The zero-order chi connectivity index (χ0) is 19.6. The van der Waals surface area contributed by atoms with Crippen molar-refractivity contribution in [3.05, 3.63) is 64.8 Å². The molecule has 0 spiro atoms. The van der Waals surface area contributed by atoms with Crippen LogP contribution in [0.25, 0.3) is 22.4 Å². The van der Waals surface area contributed by atoms with Crippen molar-refractivity contribution < 1.29 is 13.9 Å². The second-order valence-electron chi connectivity index (χ2n) is 7.11. The van der Waals surface area contributed by atoms with E-state index in [4.69, 9.17) is 18.9 Å². The third-order valence-electron chi connectivity index (χ3n) is 5.16. The van der Waals surface area contributed by atoms with E-state index in [1.807, 2.05) is 42.5 Å². The van der Waals surface area contributed by atoms with Gasteiger partial charge in [-0.25, -0.2) is 4.99 Å². The number of furan rings is 1. The third kappa shape index (κ3) is 3.73. The fourth-order valence-electron chi connectivity index (χ4n) is 3.68. The lowest BCUT2D eigenvalue weighted by molar-refractivity contribution is 0.0967. The van der Waals surface area contributed by atoms with E-state index in [0.717, 1.165) is 64.7 Å². The molecule has 1 unspecified atom stereocenters. The lowest BCUT2D eigenvalue weighted by Gasteiger charge is -2.13. The molecule has 5 nitrogen and oxygen atoms in total. The third-order valence-corrected chi connectivity index (χ3v) is 6.03. The number of methoxy groups -OCH3 is 1. The van der Waals surface area contributed by atoms with Gasteiger partial charge in [0.05, 0.1) is 31.1 Å². The maximum Gasteiger partial charge on any atom is 0.190 e. The van der Waals surface area contributed by atoms with Crippen molar-refractivity contribution in [3.63, 3.8) is 0 Å². The fraction of sp³-hybridized carbons (Fsp3) is 0.261. The van der Waals surface area contributed by atoms with E-state index in [2.05, 4.69) is 22.1 Å². The molecule has 2 aromatic carbocycles. The number of benzene rings is 2. The smallest absolute Gasteiger partial charge is 0.190 e. The molecule has 1 atom stereocenters. The zero-order valence-corrected chi connectivity index (χ0v) is 17.0. The molecule has 1 aliphatic rings. The predicted molar refractivity (Wildman–Crippen MR) is 115 cm³/mol. The van der Waals surface area contributed by atoms with Crippen LogP contribution in [0.15, 0.2) is 69.4 Å². The number of aromatic nitrogens is 1. The van der Waals surface area contributed by atoms with E-state index in [1.54, 1.807) is 18.4 Å². The molecule has 6 heteroatoms. The van der Waals surface area contributed by atoms with Crippen molar-refractivity contribution in [2.24, 2.45) is 4.99 Å². The lowest BCUT2D eigenvalue weighted by atomic mass is 10.2. The number of hydrogen-bond donors (Lipinski definition) is 0. The van der Waals surface area contributed by atoms with Crippen LogP contribution in [-0.2, 0) is 11.3 Å². The number of fused-ring (bicyclic) bond motifs is 1. The van der Waals surface area contributed by atoms with E-state index < -0.39 is 0 Å². The standard InChI is InChI=1S/C23H22N2O3S/c1-26-18-8-4-7-17(13-18)24-23-25(14-19-9-5-11-27-19)20(15-29-23)22-12-16-6-2-3-10-21(16)28-22/h2-4,6-8,10,12-13,15,19H,5,9,11,14H2,1H3. The molecule has 1 fully saturated rings. The fourth-order valence-corrected chi connectivity index (χ4v) is 4.60. The van der Waals surface area contributed by atoms with Crippen molar-refractivity contribution in [1.82, 2.24) is 4.57 Å². The first-order valence-electron chi connectivity index (χ1n) is 9.78. The molecular formula is C23H22N2O3S. The minimum atomic E-state index is 0.206. The van der Waals surface area contributed by atoms with Gasteiger partial charge in [0, 0.05) is 23.4 Å². The molecule has 5 rings (SSSR count). The number of thiazole rings is 1. The molecular weight excluding hydrogens is 384 g/mol. The largest absolute Gasteiger partial charge is 0.497 e. The van der Waals surface area contributed by atoms with Gasteiger partial charge in [-0.3, -0.25) is 0 Å². The van der Waals surface area contributed by atoms with E-state index in [-0.39, 0.29) is 6.10 Å². The average Bonchev–Trinajstić information content (AvgIpc) is 3.49. The van der Waals surface area contributed by atoms with E-state index in [1.165, 1.54) is 0 Å². The van der Waals surface area contributed by atoms with Gasteiger partial charge >= 0.3 is 0 Å². The SMILES string of the molecule is COc1cccc(N=c2scc(-c3cc4ccccc4o3)n2CC2CCCO2)c1. The highest BCUT2D eigenvalue weighted by molar-refractivity contribution is 7.07. The summed E-state index contributed by atoms with van der Waals surface area (Å²) >= 11 is 1.61. The molecule has 0 bridgehead atoms. The highest BCUT2D eigenvalue weighted by atomic mass is 32.1. The van der Waals surface area contributed by atoms with Crippen molar-refractivity contribution in [2.75, 3.05) is 13.7 Å². The number of nitrogens with zero attached hydrogens (tertiary/aromatic N) is 2. The molecule has 1 saturated heterocycles. The Morgan fingerprint density at radius 1 is 1.17 bits per heavy atom. The molecule has 0 aliphatic carbocycles. The van der Waals surface area contributed by atoms with Crippen LogP contribution in [0.5, 0.6) is 5.75 Å². The summed E-state index contributed by atoms with van der Waals surface area (Å²) in [6.45, 7) is 1.59. The molecule has 148 valence electrons. The highest BCUT2D eigenvalue weighted by Gasteiger charge is 2.20. The summed E-state index contributed by atoms with van der Waals surface area (Å²) in [5.41, 5.74) is 2.79. The van der Waals surface area contributed by atoms with Crippen molar-refractivity contribution in [2.45, 2.75) is 25.5 Å². The van der Waals surface area contributed by atoms with Crippen molar-refractivity contribution in [3.8, 4) is 17.2 Å². The summed E-state index contributed by atoms with van der Waals surface area (Å²) in [5, 5.41) is 3.22. The van der Waals surface area contributed by atoms with Crippen molar-refractivity contribution >= 4 is 28.0 Å². The number of ether oxygens (including phenoxy) is 2. The first-order valence-corrected chi connectivity index (χ1v) is 10.7. The molecule has 0 amide bonds. The van der Waals surface area contributed by atoms with Crippen molar-refractivity contribution in [1.29, 1.82) is 0 Å². The molecule has 2 aromatic heterocycles. The maximum absolute atomic E-state index is 6.14. The quantitative estimate of drug-likeness (QED) is 0.447. The molecule has 29 heavy (non-hydrogen) atoms. The van der Waals surface area contributed by atoms with Gasteiger partial charge in [-0.05, 0) is 37.1 Å². The number of hydrogen-bond acceptors (Lipinski definition) is 5. The Kier molecular flexibility index (Phi) is 4.96. The predicted octanol–water partition coefficient (Wildman–Crippen LogP) is 5.38. The maximum atomic E-state index is 6.14. The summed E-state index contributed by atoms with van der Waals surface area (Å²) in [6.07, 6.45) is 2.38. The highest BCUT2D eigenvalue weighted by Crippen LogP contribution is 2.29. The Labute approximate surface area is 172 Å². The van der Waals surface area contributed by atoms with Gasteiger partial charge in [0.2, 0.25) is 0 Å². The lowest BCUT2D eigenvalue weighted by Crippen LogP contribution is -2.23. The summed E-state index contributed by atoms with van der Waals surface area (Å²) in [6, 6.07) is 18.0. The van der Waals surface area contributed by atoms with Gasteiger partial charge in [0.15, 0.2) is 10.6 Å². The topological polar surface area (TPSA) is 48.9 Å². The van der Waals surface area contributed by atoms with Crippen LogP contribution in [0.3, 0.4) is 0 Å². The number of rotatable bonds is 5. The Balaban J connectivity index is 1.61. The van der Waals surface area contributed by atoms with Crippen LogP contribution in [-0.4, -0.2) is 24.4 Å². The average molecular weight is 407 g/mol. The second kappa shape index (κ2) is 7.89. The first kappa shape index (κ1) is 18.2. The van der Waals surface area contributed by atoms with Gasteiger partial charge in [-0.1, -0.05) is 24.3 Å². The van der Waals surface area contributed by atoms with Crippen LogP contribution >= 0.6 is 11.3 Å². The molecule has 1 aliphatic heterocycles. The Bertz CT molecular complexity index is 1170. The summed E-state index contributed by atoms with van der Waals surface area (Å²) < 4.78 is 19.6. The minimum Gasteiger partial charge on any atom is -0.497 e. The molecule has 3 heterocycles. The Morgan fingerprint density at radius 3 is 2.93 bits per heavy atom. The summed E-state index contributed by atoms with van der Waals surface area (Å²) in [5.74, 6) is 1.65. The van der Waals surface area contributed by atoms with Gasteiger partial charge in [-0.15, -0.1) is 11.3 Å². The first-order chi connectivity index (χ1) is 14.3. The Morgan fingerprint density at radius 2 is 2.10 bits per heavy atom. The minimum absolute atomic E-state index is 0.206. The van der Waals surface area contributed by atoms with Gasteiger partial charge in [-0.2, -0.15) is 0 Å². The normalized spacial score (nSPS) is 17.3. The molecule has 0 radical (unpaired) electrons. The van der Waals surface area contributed by atoms with Crippen LogP contribution in [0, 0.1) is 0 Å². The van der Waals surface area contributed by atoms with Gasteiger partial charge in [0.25, 0.3) is 0 Å². The van der Waals surface area contributed by atoms with E-state index in [0.29, 0.717) is 0 Å². The van der Waals surface area contributed by atoms with Gasteiger partial charge < -0.3 is 18.5 Å². The molecule has 0 saturated carbocycles. The van der Waals surface area contributed by atoms with Crippen LogP contribution in [0.1, 0.15) is 12.8 Å². The molecule has 0 N–H and O–H groups in total. The number of para-hydroxylation sites is 1. The van der Waals surface area contributed by atoms with E-state index >= 15 is 0 Å². The van der Waals surface area contributed by atoms with Gasteiger partial charge in [0.1, 0.15) is 11.3 Å². The van der Waals surface area contributed by atoms with Crippen LogP contribution in [0.4, 0.5) is 5.69 Å². The monoisotopic (exact) mass is 406 g/mol. The zero-order valence-electron chi connectivity index (χ0n) is 16.2. The second-order valence-corrected chi connectivity index (χ2v) is 7.95. The van der Waals surface area contributed by atoms with Crippen LogP contribution in [0.2, 0.25) is 0 Å². The Hall–Kier alpha value is -2.83. The summed E-state index contributed by atoms with van der Waals surface area (Å²) in [4.78, 5) is 5.82.